The molecule has 4 rings (SSSR count). The van der Waals surface area contributed by atoms with Gasteiger partial charge in [-0.15, -0.1) is 19.7 Å². The molecule has 198 valence electrons. The van der Waals surface area contributed by atoms with Gasteiger partial charge in [-0.25, -0.2) is 0 Å². The number of allylic oxidation sites excluding steroid dienone is 1. The number of thiol groups is 1. The maximum Gasteiger partial charge on any atom is -0.0126 e. The topological polar surface area (TPSA) is 0 Å². The second kappa shape index (κ2) is 13.4. The van der Waals surface area contributed by atoms with E-state index in [0.29, 0.717) is 10.8 Å². The second-order valence-corrected chi connectivity index (χ2v) is 13.9. The third-order valence-corrected chi connectivity index (χ3v) is 11.2. The first-order valence-electron chi connectivity index (χ1n) is 14.9. The van der Waals surface area contributed by atoms with Gasteiger partial charge in [0, 0.05) is 0 Å². The molecule has 0 nitrogen and oxygen atoms in total. The summed E-state index contributed by atoms with van der Waals surface area (Å²) in [5, 5.41) is 0. The van der Waals surface area contributed by atoms with Crippen molar-refractivity contribution in [2.75, 3.05) is 5.75 Å². The largest absolute Gasteiger partial charge is 0.180 e. The normalized spacial score (nSPS) is 41.5. The highest BCUT2D eigenvalue weighted by molar-refractivity contribution is 7.80. The van der Waals surface area contributed by atoms with Gasteiger partial charge in [0.05, 0.1) is 0 Å². The molecule has 0 heterocycles. The van der Waals surface area contributed by atoms with Crippen LogP contribution in [0.2, 0.25) is 0 Å². The minimum Gasteiger partial charge on any atom is -0.180 e. The molecule has 0 aromatic heterocycles. The summed E-state index contributed by atoms with van der Waals surface area (Å²) in [4.78, 5) is 0. The van der Waals surface area contributed by atoms with Crippen LogP contribution in [-0.4, -0.2) is 5.75 Å². The van der Waals surface area contributed by atoms with Crippen LogP contribution >= 0.6 is 12.6 Å². The molecule has 0 bridgehead atoms. The molecule has 0 amide bonds. The van der Waals surface area contributed by atoms with E-state index >= 15 is 0 Å². The molecule has 4 aliphatic rings. The Kier molecular flexibility index (Phi) is 11.8. The molecule has 9 atom stereocenters. The van der Waals surface area contributed by atoms with Crippen LogP contribution in [-0.2, 0) is 0 Å². The van der Waals surface area contributed by atoms with Crippen molar-refractivity contribution in [3.05, 3.63) is 25.8 Å². The number of hydrogen-bond acceptors (Lipinski definition) is 1. The van der Waals surface area contributed by atoms with Gasteiger partial charge in [0.2, 0.25) is 0 Å². The Hall–Kier alpha value is -0.170. The van der Waals surface area contributed by atoms with Crippen molar-refractivity contribution < 1.29 is 0 Å². The highest BCUT2D eigenvalue weighted by Crippen LogP contribution is 2.68. The molecule has 1 heteroatoms. The zero-order valence-electron chi connectivity index (χ0n) is 24.0. The summed E-state index contributed by atoms with van der Waals surface area (Å²) in [6, 6.07) is 0. The number of rotatable bonds is 6. The Labute approximate surface area is 220 Å². The lowest BCUT2D eigenvalue weighted by molar-refractivity contribution is -0.118. The third-order valence-electron chi connectivity index (χ3n) is 11.2. The first-order valence-corrected chi connectivity index (χ1v) is 15.6. The first kappa shape index (κ1) is 30.1. The highest BCUT2D eigenvalue weighted by atomic mass is 32.1. The van der Waals surface area contributed by atoms with Gasteiger partial charge in [0.25, 0.3) is 0 Å². The summed E-state index contributed by atoms with van der Waals surface area (Å²) < 4.78 is 0. The lowest BCUT2D eigenvalue weighted by Gasteiger charge is -2.61. The maximum atomic E-state index is 4.13. The molecular formula is C33H60S. The molecule has 4 saturated carbocycles. The molecule has 34 heavy (non-hydrogen) atoms. The first-order chi connectivity index (χ1) is 16.2. The quantitative estimate of drug-likeness (QED) is 0.279. The minimum absolute atomic E-state index is 0.644. The van der Waals surface area contributed by atoms with Crippen molar-refractivity contribution in [2.45, 2.75) is 119 Å². The Balaban J connectivity index is 0.000000758. The fraction of sp³-hybridized carbons (Fsp3) is 0.879. The van der Waals surface area contributed by atoms with E-state index in [4.69, 9.17) is 0 Å². The van der Waals surface area contributed by atoms with E-state index in [1.54, 1.807) is 19.3 Å². The average molecular weight is 489 g/mol. The van der Waals surface area contributed by atoms with Crippen molar-refractivity contribution in [1.29, 1.82) is 0 Å². The van der Waals surface area contributed by atoms with Crippen LogP contribution in [0.15, 0.2) is 25.8 Å². The third kappa shape index (κ3) is 6.20. The smallest absolute Gasteiger partial charge is 0.0126 e. The summed E-state index contributed by atoms with van der Waals surface area (Å²) in [7, 11) is 0. The van der Waals surface area contributed by atoms with Gasteiger partial charge in [-0.1, -0.05) is 66.9 Å². The van der Waals surface area contributed by atoms with E-state index in [1.807, 2.05) is 6.92 Å². The Bertz CT molecular complexity index is 610. The van der Waals surface area contributed by atoms with Crippen LogP contribution < -0.4 is 0 Å². The van der Waals surface area contributed by atoms with E-state index < -0.39 is 0 Å². The molecule has 0 spiro atoms. The van der Waals surface area contributed by atoms with E-state index in [-0.39, 0.29) is 0 Å². The minimum atomic E-state index is 0.644. The highest BCUT2D eigenvalue weighted by Gasteiger charge is 2.60. The van der Waals surface area contributed by atoms with Gasteiger partial charge in [-0.2, -0.15) is 12.6 Å². The zero-order valence-corrected chi connectivity index (χ0v) is 24.9. The molecule has 0 radical (unpaired) electrons. The van der Waals surface area contributed by atoms with Crippen LogP contribution in [0.4, 0.5) is 0 Å². The van der Waals surface area contributed by atoms with Crippen LogP contribution in [0, 0.1) is 58.2 Å². The second-order valence-electron chi connectivity index (χ2n) is 13.3. The molecular weight excluding hydrogens is 428 g/mol. The Morgan fingerprint density at radius 1 is 0.882 bits per heavy atom. The average Bonchev–Trinajstić information content (AvgIpc) is 3.17. The predicted octanol–water partition coefficient (Wildman–Crippen LogP) is 10.6. The van der Waals surface area contributed by atoms with Gasteiger partial charge in [0.1, 0.15) is 0 Å². The van der Waals surface area contributed by atoms with Crippen LogP contribution in [0.1, 0.15) is 119 Å². The summed E-state index contributed by atoms with van der Waals surface area (Å²) >= 11 is 3.79. The van der Waals surface area contributed by atoms with E-state index in [1.165, 1.54) is 57.8 Å². The van der Waals surface area contributed by atoms with Gasteiger partial charge in [0.15, 0.2) is 0 Å². The molecule has 0 aromatic rings. The summed E-state index contributed by atoms with van der Waals surface area (Å²) in [5.74, 6) is 8.66. The number of hydrogen-bond donors (Lipinski definition) is 1. The fourth-order valence-corrected chi connectivity index (χ4v) is 9.53. The maximum absolute atomic E-state index is 4.13. The van der Waals surface area contributed by atoms with Crippen LogP contribution in [0.3, 0.4) is 0 Å². The van der Waals surface area contributed by atoms with Gasteiger partial charge in [-0.05, 0) is 122 Å². The molecule has 9 unspecified atom stereocenters. The fourth-order valence-electron chi connectivity index (χ4n) is 9.53. The van der Waals surface area contributed by atoms with Crippen LogP contribution in [0.25, 0.3) is 0 Å². The van der Waals surface area contributed by atoms with Crippen LogP contribution in [0.5, 0.6) is 0 Å². The Morgan fingerprint density at radius 3 is 2.12 bits per heavy atom. The van der Waals surface area contributed by atoms with E-state index in [0.717, 1.165) is 53.1 Å². The molecule has 0 aromatic carbocycles. The summed E-state index contributed by atoms with van der Waals surface area (Å²) in [6.45, 7) is 25.0. The molecule has 0 saturated heterocycles. The molecule has 4 aliphatic carbocycles. The SMILES string of the molecule is C=C.C=CC1CCC2(C)C(CCC3C2CCC2(C)C(C(C)CCCC(C)C)CCC32)C1.CCS. The van der Waals surface area contributed by atoms with Crippen molar-refractivity contribution >= 4 is 12.6 Å². The lowest BCUT2D eigenvalue weighted by atomic mass is 9.44. The molecule has 0 aliphatic heterocycles. The molecule has 4 fully saturated rings. The monoisotopic (exact) mass is 488 g/mol. The van der Waals surface area contributed by atoms with Gasteiger partial charge >= 0.3 is 0 Å². The van der Waals surface area contributed by atoms with Gasteiger partial charge < -0.3 is 0 Å². The van der Waals surface area contributed by atoms with Crippen molar-refractivity contribution in [3.63, 3.8) is 0 Å². The molecule has 0 N–H and O–H groups in total. The van der Waals surface area contributed by atoms with E-state index in [2.05, 4.69) is 73.1 Å². The van der Waals surface area contributed by atoms with Crippen molar-refractivity contribution in [1.82, 2.24) is 0 Å². The van der Waals surface area contributed by atoms with E-state index in [9.17, 15) is 0 Å². The van der Waals surface area contributed by atoms with Gasteiger partial charge in [-0.3, -0.25) is 0 Å². The summed E-state index contributed by atoms with van der Waals surface area (Å²) in [5.41, 5.74) is 1.30. The zero-order chi connectivity index (χ0) is 25.5. The standard InChI is InChI=1S/C29H50.C2H6S.C2H4/c1-7-22-15-17-28(5)23(19-22)11-12-24-26-14-13-25(21(4)10-8-9-20(2)3)29(26,6)18-16-27(24)28;1-2-3;1-2/h7,20-27H,1,8-19H2,2-6H3;3H,2H2,1H3;1-2H2. The van der Waals surface area contributed by atoms with Crippen molar-refractivity contribution in [3.8, 4) is 0 Å². The predicted molar refractivity (Wildman–Crippen MR) is 158 cm³/mol. The summed E-state index contributed by atoms with van der Waals surface area (Å²) in [6.07, 6.45) is 20.2. The lowest BCUT2D eigenvalue weighted by Crippen LogP contribution is -2.53. The van der Waals surface area contributed by atoms with Crippen molar-refractivity contribution in [2.24, 2.45) is 58.2 Å². The number of fused-ring (bicyclic) bond motifs is 5. The Morgan fingerprint density at radius 2 is 1.50 bits per heavy atom.